The third-order valence-corrected chi connectivity index (χ3v) is 3.69. The molecule has 2 rings (SSSR count). The van der Waals surface area contributed by atoms with E-state index in [-0.39, 0.29) is 0 Å². The van der Waals surface area contributed by atoms with Crippen molar-refractivity contribution in [3.05, 3.63) is 23.6 Å². The molecule has 0 aliphatic carbocycles. The molecule has 0 aromatic heterocycles. The normalized spacial score (nSPS) is 23.0. The zero-order valence-electron chi connectivity index (χ0n) is 13.3. The molecular formula is C16H25N3O2. The predicted octanol–water partition coefficient (Wildman–Crippen LogP) is 2.06. The first-order valence-electron chi connectivity index (χ1n) is 7.55. The Labute approximate surface area is 127 Å². The Hall–Kier alpha value is -1.46. The van der Waals surface area contributed by atoms with Crippen LogP contribution >= 0.6 is 0 Å². The molecule has 0 aromatic carbocycles. The summed E-state index contributed by atoms with van der Waals surface area (Å²) in [5, 5.41) is 0. The predicted molar refractivity (Wildman–Crippen MR) is 86.1 cm³/mol. The fourth-order valence-electron chi connectivity index (χ4n) is 2.21. The van der Waals surface area contributed by atoms with Crippen LogP contribution in [0.4, 0.5) is 0 Å². The van der Waals surface area contributed by atoms with Crippen LogP contribution in [-0.2, 0) is 9.47 Å². The number of hydrogen-bond acceptors (Lipinski definition) is 5. The minimum Gasteiger partial charge on any atom is -0.493 e. The van der Waals surface area contributed by atoms with Crippen LogP contribution in [0.25, 0.3) is 0 Å². The zero-order chi connectivity index (χ0) is 15.1. The van der Waals surface area contributed by atoms with E-state index in [0.29, 0.717) is 13.2 Å². The van der Waals surface area contributed by atoms with E-state index in [2.05, 4.69) is 14.9 Å². The quantitative estimate of drug-likeness (QED) is 0.728. The maximum atomic E-state index is 5.84. The third-order valence-electron chi connectivity index (χ3n) is 3.69. The summed E-state index contributed by atoms with van der Waals surface area (Å²) in [6, 6.07) is 0. The number of morpholine rings is 1. The number of ether oxygens (including phenoxy) is 2. The number of aliphatic imine (C=N–C) groups is 2. The van der Waals surface area contributed by atoms with Gasteiger partial charge >= 0.3 is 0 Å². The van der Waals surface area contributed by atoms with Gasteiger partial charge in [-0.15, -0.1) is 0 Å². The molecule has 0 radical (unpaired) electrons. The second-order valence-corrected chi connectivity index (χ2v) is 5.23. The maximum Gasteiger partial charge on any atom is 0.116 e. The van der Waals surface area contributed by atoms with Crippen molar-refractivity contribution in [2.75, 3.05) is 46.0 Å². The summed E-state index contributed by atoms with van der Waals surface area (Å²) in [5.74, 6) is 0.865. The molecule has 0 aromatic rings. The van der Waals surface area contributed by atoms with Gasteiger partial charge in [0.25, 0.3) is 0 Å². The monoisotopic (exact) mass is 291 g/mol. The SMILES string of the molecule is C/C=C(\C=C1/CN=C(C)C(C)=N1)OCCN1CCOCC1. The second kappa shape index (κ2) is 8.10. The van der Waals surface area contributed by atoms with Gasteiger partial charge in [0.2, 0.25) is 0 Å². The van der Waals surface area contributed by atoms with E-state index in [4.69, 9.17) is 9.47 Å². The Morgan fingerprint density at radius 1 is 1.29 bits per heavy atom. The molecule has 0 atom stereocenters. The fraction of sp³-hybridized carbons (Fsp3) is 0.625. The molecule has 0 spiro atoms. The summed E-state index contributed by atoms with van der Waals surface area (Å²) in [6.45, 7) is 11.9. The Bertz CT molecular complexity index is 472. The van der Waals surface area contributed by atoms with Gasteiger partial charge in [0.15, 0.2) is 0 Å². The standard InChI is InChI=1S/C16H25N3O2/c1-4-16(11-15-12-17-13(2)14(3)18-15)21-10-7-19-5-8-20-9-6-19/h4,11H,5-10,12H2,1-3H3/b15-11+,16-4+. The van der Waals surface area contributed by atoms with Crippen molar-refractivity contribution in [3.63, 3.8) is 0 Å². The fourth-order valence-corrected chi connectivity index (χ4v) is 2.21. The topological polar surface area (TPSA) is 46.4 Å². The summed E-state index contributed by atoms with van der Waals surface area (Å²) in [7, 11) is 0. The van der Waals surface area contributed by atoms with Crippen molar-refractivity contribution in [3.8, 4) is 0 Å². The first kappa shape index (κ1) is 15.9. The van der Waals surface area contributed by atoms with E-state index < -0.39 is 0 Å². The minimum atomic E-state index is 0.632. The van der Waals surface area contributed by atoms with Crippen molar-refractivity contribution >= 4 is 11.4 Å². The van der Waals surface area contributed by atoms with Gasteiger partial charge in [0.1, 0.15) is 12.4 Å². The highest BCUT2D eigenvalue weighted by atomic mass is 16.5. The molecule has 5 heteroatoms. The molecular weight excluding hydrogens is 266 g/mol. The Kier molecular flexibility index (Phi) is 6.14. The van der Waals surface area contributed by atoms with Crippen LogP contribution in [0, 0.1) is 0 Å². The summed E-state index contributed by atoms with van der Waals surface area (Å²) >= 11 is 0. The zero-order valence-corrected chi connectivity index (χ0v) is 13.3. The van der Waals surface area contributed by atoms with Crippen molar-refractivity contribution in [1.29, 1.82) is 0 Å². The van der Waals surface area contributed by atoms with Gasteiger partial charge in [-0.1, -0.05) is 0 Å². The molecule has 1 saturated heterocycles. The van der Waals surface area contributed by atoms with Gasteiger partial charge in [-0.2, -0.15) is 0 Å². The summed E-state index contributed by atoms with van der Waals surface area (Å²) in [4.78, 5) is 11.4. The van der Waals surface area contributed by atoms with Gasteiger partial charge in [-0.05, 0) is 26.8 Å². The van der Waals surface area contributed by atoms with Crippen LogP contribution in [0.1, 0.15) is 20.8 Å². The highest BCUT2D eigenvalue weighted by Crippen LogP contribution is 2.11. The van der Waals surface area contributed by atoms with Gasteiger partial charge in [-0.3, -0.25) is 14.9 Å². The Morgan fingerprint density at radius 3 is 2.71 bits per heavy atom. The average molecular weight is 291 g/mol. The van der Waals surface area contributed by atoms with Crippen LogP contribution in [0.5, 0.6) is 0 Å². The molecule has 0 bridgehead atoms. The molecule has 21 heavy (non-hydrogen) atoms. The van der Waals surface area contributed by atoms with E-state index in [0.717, 1.165) is 55.7 Å². The van der Waals surface area contributed by atoms with Gasteiger partial charge in [-0.25, -0.2) is 0 Å². The average Bonchev–Trinajstić information content (AvgIpc) is 2.51. The molecule has 5 nitrogen and oxygen atoms in total. The van der Waals surface area contributed by atoms with E-state index in [1.54, 1.807) is 0 Å². The van der Waals surface area contributed by atoms with Crippen LogP contribution in [0.3, 0.4) is 0 Å². The smallest absolute Gasteiger partial charge is 0.116 e. The number of rotatable bonds is 5. The van der Waals surface area contributed by atoms with Gasteiger partial charge in [0.05, 0.1) is 36.9 Å². The Balaban J connectivity index is 1.81. The lowest BCUT2D eigenvalue weighted by molar-refractivity contribution is 0.0281. The van der Waals surface area contributed by atoms with Crippen LogP contribution in [0.2, 0.25) is 0 Å². The molecule has 1 fully saturated rings. The van der Waals surface area contributed by atoms with Gasteiger partial charge in [0, 0.05) is 25.7 Å². The lowest BCUT2D eigenvalue weighted by Crippen LogP contribution is -2.38. The lowest BCUT2D eigenvalue weighted by atomic mass is 10.2. The van der Waals surface area contributed by atoms with Crippen molar-refractivity contribution in [2.45, 2.75) is 20.8 Å². The summed E-state index contributed by atoms with van der Waals surface area (Å²) in [5.41, 5.74) is 2.95. The molecule has 0 amide bonds. The van der Waals surface area contributed by atoms with Gasteiger partial charge < -0.3 is 9.47 Å². The van der Waals surface area contributed by atoms with Crippen LogP contribution < -0.4 is 0 Å². The molecule has 116 valence electrons. The molecule has 2 aliphatic rings. The van der Waals surface area contributed by atoms with E-state index in [1.165, 1.54) is 0 Å². The number of nitrogens with zero attached hydrogens (tertiary/aromatic N) is 3. The summed E-state index contributed by atoms with van der Waals surface area (Å²) < 4.78 is 11.2. The Morgan fingerprint density at radius 2 is 2.05 bits per heavy atom. The van der Waals surface area contributed by atoms with Crippen LogP contribution in [-0.4, -0.2) is 62.3 Å². The summed E-state index contributed by atoms with van der Waals surface area (Å²) in [6.07, 6.45) is 3.96. The minimum absolute atomic E-state index is 0.632. The van der Waals surface area contributed by atoms with Crippen LogP contribution in [0.15, 0.2) is 33.6 Å². The highest BCUT2D eigenvalue weighted by Gasteiger charge is 2.10. The molecule has 0 N–H and O–H groups in total. The number of allylic oxidation sites excluding steroid dienone is 2. The van der Waals surface area contributed by atoms with E-state index in [1.807, 2.05) is 32.9 Å². The van der Waals surface area contributed by atoms with E-state index in [9.17, 15) is 0 Å². The number of hydrogen-bond donors (Lipinski definition) is 0. The van der Waals surface area contributed by atoms with Crippen molar-refractivity contribution in [1.82, 2.24) is 4.90 Å². The first-order chi connectivity index (χ1) is 10.2. The molecule has 2 heterocycles. The molecule has 0 unspecified atom stereocenters. The molecule has 2 aliphatic heterocycles. The van der Waals surface area contributed by atoms with E-state index >= 15 is 0 Å². The second-order valence-electron chi connectivity index (χ2n) is 5.23. The third kappa shape index (κ3) is 5.10. The van der Waals surface area contributed by atoms with Crippen molar-refractivity contribution in [2.24, 2.45) is 9.98 Å². The van der Waals surface area contributed by atoms with Crippen molar-refractivity contribution < 1.29 is 9.47 Å². The molecule has 0 saturated carbocycles. The lowest BCUT2D eigenvalue weighted by Gasteiger charge is -2.26. The maximum absolute atomic E-state index is 5.84. The highest BCUT2D eigenvalue weighted by molar-refractivity contribution is 6.41. The largest absolute Gasteiger partial charge is 0.493 e. The first-order valence-corrected chi connectivity index (χ1v) is 7.55.